The Kier molecular flexibility index (Phi) is 6.99. The van der Waals surface area contributed by atoms with Gasteiger partial charge in [0.15, 0.2) is 0 Å². The normalized spacial score (nSPS) is 15.6. The molecular formula is C16H24BrN3O2. The Bertz CT molecular complexity index is 476. The first-order valence-corrected chi connectivity index (χ1v) is 8.63. The molecular weight excluding hydrogens is 346 g/mol. The Balaban J connectivity index is 1.60. The van der Waals surface area contributed by atoms with Crippen molar-refractivity contribution < 1.29 is 9.53 Å². The van der Waals surface area contributed by atoms with Crippen molar-refractivity contribution in [2.24, 2.45) is 0 Å². The summed E-state index contributed by atoms with van der Waals surface area (Å²) in [6, 6.07) is 8.64. The summed E-state index contributed by atoms with van der Waals surface area (Å²) in [5, 5.41) is 6.94. The van der Waals surface area contributed by atoms with Crippen LogP contribution in [-0.2, 0) is 4.74 Å². The molecule has 6 heteroatoms. The van der Waals surface area contributed by atoms with E-state index < -0.39 is 0 Å². The van der Waals surface area contributed by atoms with E-state index in [-0.39, 0.29) is 6.09 Å². The van der Waals surface area contributed by atoms with Gasteiger partial charge in [-0.2, -0.15) is 0 Å². The maximum atomic E-state index is 11.6. The molecule has 0 aromatic heterocycles. The van der Waals surface area contributed by atoms with E-state index in [1.807, 2.05) is 19.1 Å². The SMILES string of the molecule is CCOC(=O)N1CCC(NCCNc2cccc(Br)c2)CC1. The van der Waals surface area contributed by atoms with Crippen molar-refractivity contribution >= 4 is 27.7 Å². The van der Waals surface area contributed by atoms with Crippen molar-refractivity contribution in [2.45, 2.75) is 25.8 Å². The second kappa shape index (κ2) is 9.00. The average Bonchev–Trinajstić information content (AvgIpc) is 2.52. The highest BCUT2D eigenvalue weighted by Crippen LogP contribution is 2.15. The highest BCUT2D eigenvalue weighted by molar-refractivity contribution is 9.10. The Morgan fingerprint density at radius 1 is 1.36 bits per heavy atom. The van der Waals surface area contributed by atoms with E-state index in [2.05, 4.69) is 38.7 Å². The van der Waals surface area contributed by atoms with Crippen LogP contribution in [0.1, 0.15) is 19.8 Å². The highest BCUT2D eigenvalue weighted by Gasteiger charge is 2.22. The van der Waals surface area contributed by atoms with E-state index in [1.165, 1.54) is 0 Å². The summed E-state index contributed by atoms with van der Waals surface area (Å²) in [6.07, 6.45) is 1.78. The van der Waals surface area contributed by atoms with Gasteiger partial charge in [0.25, 0.3) is 0 Å². The lowest BCUT2D eigenvalue weighted by Crippen LogP contribution is -2.46. The first-order chi connectivity index (χ1) is 10.7. The van der Waals surface area contributed by atoms with Gasteiger partial charge in [0.1, 0.15) is 0 Å². The molecule has 1 saturated heterocycles. The van der Waals surface area contributed by atoms with Crippen LogP contribution in [-0.4, -0.2) is 49.8 Å². The molecule has 1 aromatic rings. The zero-order chi connectivity index (χ0) is 15.8. The Labute approximate surface area is 140 Å². The monoisotopic (exact) mass is 369 g/mol. The number of rotatable bonds is 6. The number of amides is 1. The number of carbonyl (C=O) groups is 1. The summed E-state index contributed by atoms with van der Waals surface area (Å²) < 4.78 is 6.11. The molecule has 0 unspecified atom stereocenters. The van der Waals surface area contributed by atoms with Crippen LogP contribution in [0.2, 0.25) is 0 Å². The van der Waals surface area contributed by atoms with Gasteiger partial charge in [-0.15, -0.1) is 0 Å². The first kappa shape index (κ1) is 17.1. The lowest BCUT2D eigenvalue weighted by Gasteiger charge is -2.31. The van der Waals surface area contributed by atoms with Crippen molar-refractivity contribution in [3.8, 4) is 0 Å². The van der Waals surface area contributed by atoms with Crippen molar-refractivity contribution in [3.63, 3.8) is 0 Å². The van der Waals surface area contributed by atoms with Gasteiger partial charge < -0.3 is 20.3 Å². The van der Waals surface area contributed by atoms with Crippen LogP contribution in [0.25, 0.3) is 0 Å². The van der Waals surface area contributed by atoms with Gasteiger partial charge in [0, 0.05) is 42.4 Å². The van der Waals surface area contributed by atoms with Crippen LogP contribution < -0.4 is 10.6 Å². The molecule has 0 spiro atoms. The first-order valence-electron chi connectivity index (χ1n) is 7.83. The number of piperidine rings is 1. The summed E-state index contributed by atoms with van der Waals surface area (Å²) in [5.74, 6) is 0. The molecule has 1 aromatic carbocycles. The smallest absolute Gasteiger partial charge is 0.409 e. The van der Waals surface area contributed by atoms with Gasteiger partial charge in [0.2, 0.25) is 0 Å². The maximum absolute atomic E-state index is 11.6. The third-order valence-electron chi connectivity index (χ3n) is 3.73. The standard InChI is InChI=1S/C16H24BrN3O2/c1-2-22-16(21)20-10-6-14(7-11-20)18-8-9-19-15-5-3-4-13(17)12-15/h3-5,12,14,18-19H,2,6-11H2,1H3. The molecule has 1 aliphatic heterocycles. The number of carbonyl (C=O) groups excluding carboxylic acids is 1. The van der Waals surface area contributed by atoms with Crippen molar-refractivity contribution in [1.29, 1.82) is 0 Å². The molecule has 1 amide bonds. The number of nitrogens with one attached hydrogen (secondary N) is 2. The third kappa shape index (κ3) is 5.50. The number of benzene rings is 1. The molecule has 0 bridgehead atoms. The van der Waals surface area contributed by atoms with Crippen LogP contribution in [0.5, 0.6) is 0 Å². The summed E-state index contributed by atoms with van der Waals surface area (Å²) in [4.78, 5) is 13.4. The van der Waals surface area contributed by atoms with Gasteiger partial charge in [0.05, 0.1) is 6.61 Å². The largest absolute Gasteiger partial charge is 0.450 e. The molecule has 2 rings (SSSR count). The molecule has 0 saturated carbocycles. The number of halogens is 1. The fourth-order valence-electron chi connectivity index (χ4n) is 2.56. The molecule has 0 radical (unpaired) electrons. The number of hydrogen-bond donors (Lipinski definition) is 2. The zero-order valence-corrected chi connectivity index (χ0v) is 14.6. The van der Waals surface area contributed by atoms with Gasteiger partial charge in [-0.3, -0.25) is 0 Å². The molecule has 2 N–H and O–H groups in total. The summed E-state index contributed by atoms with van der Waals surface area (Å²) in [5.41, 5.74) is 1.12. The molecule has 1 fully saturated rings. The molecule has 0 atom stereocenters. The predicted octanol–water partition coefficient (Wildman–Crippen LogP) is 3.07. The second-order valence-electron chi connectivity index (χ2n) is 5.35. The number of anilines is 1. The Hall–Kier alpha value is -1.27. The van der Waals surface area contributed by atoms with Gasteiger partial charge in [-0.05, 0) is 38.0 Å². The Morgan fingerprint density at radius 2 is 2.14 bits per heavy atom. The maximum Gasteiger partial charge on any atom is 0.409 e. The number of ether oxygens (including phenoxy) is 1. The predicted molar refractivity (Wildman–Crippen MR) is 92.3 cm³/mol. The minimum Gasteiger partial charge on any atom is -0.450 e. The average molecular weight is 370 g/mol. The zero-order valence-electron chi connectivity index (χ0n) is 13.0. The van der Waals surface area contributed by atoms with E-state index in [0.29, 0.717) is 12.6 Å². The molecule has 22 heavy (non-hydrogen) atoms. The van der Waals surface area contributed by atoms with Crippen molar-refractivity contribution in [3.05, 3.63) is 28.7 Å². The minimum atomic E-state index is -0.183. The number of nitrogens with zero attached hydrogens (tertiary/aromatic N) is 1. The van der Waals surface area contributed by atoms with Gasteiger partial charge in [-0.1, -0.05) is 22.0 Å². The lowest BCUT2D eigenvalue weighted by atomic mass is 10.1. The fraction of sp³-hybridized carbons (Fsp3) is 0.562. The lowest BCUT2D eigenvalue weighted by molar-refractivity contribution is 0.0952. The summed E-state index contributed by atoms with van der Waals surface area (Å²) >= 11 is 3.46. The fourth-order valence-corrected chi connectivity index (χ4v) is 2.96. The van der Waals surface area contributed by atoms with Crippen LogP contribution in [0, 0.1) is 0 Å². The minimum absolute atomic E-state index is 0.183. The topological polar surface area (TPSA) is 53.6 Å². The van der Waals surface area contributed by atoms with Crippen LogP contribution in [0.4, 0.5) is 10.5 Å². The summed E-state index contributed by atoms with van der Waals surface area (Å²) in [7, 11) is 0. The third-order valence-corrected chi connectivity index (χ3v) is 4.23. The van der Waals surface area contributed by atoms with Crippen LogP contribution in [0.3, 0.4) is 0 Å². The Morgan fingerprint density at radius 3 is 2.82 bits per heavy atom. The molecule has 0 aliphatic carbocycles. The summed E-state index contributed by atoms with van der Waals surface area (Å²) in [6.45, 7) is 5.62. The van der Waals surface area contributed by atoms with Gasteiger partial charge >= 0.3 is 6.09 Å². The van der Waals surface area contributed by atoms with Gasteiger partial charge in [-0.25, -0.2) is 4.79 Å². The molecule has 5 nitrogen and oxygen atoms in total. The quantitative estimate of drug-likeness (QED) is 0.756. The van der Waals surface area contributed by atoms with E-state index in [1.54, 1.807) is 4.90 Å². The molecule has 1 aliphatic rings. The number of hydrogen-bond acceptors (Lipinski definition) is 4. The highest BCUT2D eigenvalue weighted by atomic mass is 79.9. The van der Waals surface area contributed by atoms with Crippen molar-refractivity contribution in [2.75, 3.05) is 38.1 Å². The van der Waals surface area contributed by atoms with E-state index in [0.717, 1.165) is 49.2 Å². The second-order valence-corrected chi connectivity index (χ2v) is 6.27. The molecule has 122 valence electrons. The number of likely N-dealkylation sites (tertiary alicyclic amines) is 1. The van der Waals surface area contributed by atoms with E-state index in [4.69, 9.17) is 4.74 Å². The van der Waals surface area contributed by atoms with E-state index >= 15 is 0 Å². The van der Waals surface area contributed by atoms with Crippen LogP contribution in [0.15, 0.2) is 28.7 Å². The van der Waals surface area contributed by atoms with E-state index in [9.17, 15) is 4.79 Å². The van der Waals surface area contributed by atoms with Crippen LogP contribution >= 0.6 is 15.9 Å². The molecule has 1 heterocycles. The van der Waals surface area contributed by atoms with Crippen molar-refractivity contribution in [1.82, 2.24) is 10.2 Å².